The lowest BCUT2D eigenvalue weighted by Gasteiger charge is -2.10. The molecule has 0 heterocycles. The summed E-state index contributed by atoms with van der Waals surface area (Å²) in [6.07, 6.45) is 0. The highest BCUT2D eigenvalue weighted by molar-refractivity contribution is 6.13. The first-order valence-electron chi connectivity index (χ1n) is 7.63. The van der Waals surface area contributed by atoms with Crippen LogP contribution < -0.4 is 4.74 Å². The predicted molar refractivity (Wildman–Crippen MR) is 96.1 cm³/mol. The second kappa shape index (κ2) is 7.30. The van der Waals surface area contributed by atoms with Gasteiger partial charge >= 0.3 is 0 Å². The molecule has 0 saturated heterocycles. The third-order valence-electron chi connectivity index (χ3n) is 3.66. The monoisotopic (exact) mass is 312 g/mol. The first kappa shape index (κ1) is 15.6. The number of hydrogen-bond donors (Lipinski definition) is 0. The van der Waals surface area contributed by atoms with Crippen LogP contribution in [-0.4, -0.2) is 12.9 Å². The Morgan fingerprint density at radius 1 is 0.792 bits per heavy atom. The molecule has 2 nitrogen and oxygen atoms in total. The van der Waals surface area contributed by atoms with Crippen molar-refractivity contribution < 1.29 is 9.53 Å². The molecule has 0 bridgehead atoms. The van der Waals surface area contributed by atoms with Crippen molar-refractivity contribution in [2.75, 3.05) is 7.11 Å². The summed E-state index contributed by atoms with van der Waals surface area (Å²) in [4.78, 5) is 12.6. The standard InChI is InChI=1S/C22H16O2/c1-24-22-14-8-7-13-20(22)18-11-5-6-12-19(18)21(23)16-15-17-9-3-2-4-10-17/h2-14H,1H3. The largest absolute Gasteiger partial charge is 0.496 e. The molecule has 3 rings (SSSR count). The van der Waals surface area contributed by atoms with Gasteiger partial charge in [0, 0.05) is 16.7 Å². The molecule has 0 saturated carbocycles. The Balaban J connectivity index is 2.01. The quantitative estimate of drug-likeness (QED) is 0.522. The molecule has 0 aliphatic carbocycles. The van der Waals surface area contributed by atoms with Gasteiger partial charge in [-0.05, 0) is 35.7 Å². The van der Waals surface area contributed by atoms with E-state index in [4.69, 9.17) is 4.74 Å². The van der Waals surface area contributed by atoms with Crippen LogP contribution in [0.3, 0.4) is 0 Å². The van der Waals surface area contributed by atoms with E-state index in [1.54, 1.807) is 13.2 Å². The molecule has 0 aliphatic heterocycles. The molecule has 0 amide bonds. The maximum atomic E-state index is 12.6. The van der Waals surface area contributed by atoms with E-state index >= 15 is 0 Å². The summed E-state index contributed by atoms with van der Waals surface area (Å²) in [5.41, 5.74) is 3.10. The van der Waals surface area contributed by atoms with Crippen LogP contribution in [0.15, 0.2) is 78.9 Å². The maximum absolute atomic E-state index is 12.6. The van der Waals surface area contributed by atoms with E-state index in [1.807, 2.05) is 72.8 Å². The van der Waals surface area contributed by atoms with Crippen LogP contribution in [-0.2, 0) is 0 Å². The van der Waals surface area contributed by atoms with Gasteiger partial charge in [0.05, 0.1) is 7.11 Å². The Kier molecular flexibility index (Phi) is 4.74. The fourth-order valence-corrected chi connectivity index (χ4v) is 2.50. The molecule has 0 unspecified atom stereocenters. The van der Waals surface area contributed by atoms with E-state index in [-0.39, 0.29) is 5.78 Å². The molecular formula is C22H16O2. The van der Waals surface area contributed by atoms with Crippen molar-refractivity contribution in [3.63, 3.8) is 0 Å². The third-order valence-corrected chi connectivity index (χ3v) is 3.66. The van der Waals surface area contributed by atoms with Crippen LogP contribution in [0.5, 0.6) is 5.75 Å². The van der Waals surface area contributed by atoms with Gasteiger partial charge in [-0.2, -0.15) is 0 Å². The van der Waals surface area contributed by atoms with Gasteiger partial charge in [-0.3, -0.25) is 4.79 Å². The van der Waals surface area contributed by atoms with Gasteiger partial charge in [0.25, 0.3) is 0 Å². The zero-order chi connectivity index (χ0) is 16.8. The Morgan fingerprint density at radius 2 is 1.42 bits per heavy atom. The van der Waals surface area contributed by atoms with Crippen molar-refractivity contribution in [2.45, 2.75) is 0 Å². The molecule has 3 aromatic rings. The fraction of sp³-hybridized carbons (Fsp3) is 0.0455. The smallest absolute Gasteiger partial charge is 0.236 e. The van der Waals surface area contributed by atoms with E-state index < -0.39 is 0 Å². The van der Waals surface area contributed by atoms with Crippen LogP contribution in [0.1, 0.15) is 15.9 Å². The first-order chi connectivity index (χ1) is 11.8. The highest BCUT2D eigenvalue weighted by Crippen LogP contribution is 2.32. The molecular weight excluding hydrogens is 296 g/mol. The van der Waals surface area contributed by atoms with Crippen LogP contribution in [0.2, 0.25) is 0 Å². The van der Waals surface area contributed by atoms with E-state index in [1.165, 1.54) is 0 Å². The molecule has 2 heteroatoms. The number of ketones is 1. The van der Waals surface area contributed by atoms with Gasteiger partial charge in [-0.15, -0.1) is 0 Å². The number of Topliss-reactive ketones (excluding diaryl/α,β-unsaturated/α-hetero) is 1. The summed E-state index contributed by atoms with van der Waals surface area (Å²) in [6, 6.07) is 24.6. The first-order valence-corrected chi connectivity index (χ1v) is 7.63. The van der Waals surface area contributed by atoms with Gasteiger partial charge < -0.3 is 4.74 Å². The van der Waals surface area contributed by atoms with Crippen LogP contribution in [0.25, 0.3) is 11.1 Å². The topological polar surface area (TPSA) is 26.3 Å². The third kappa shape index (κ3) is 3.37. The van der Waals surface area contributed by atoms with Crippen molar-refractivity contribution in [1.29, 1.82) is 0 Å². The van der Waals surface area contributed by atoms with E-state index in [0.717, 1.165) is 22.4 Å². The van der Waals surface area contributed by atoms with Crippen molar-refractivity contribution >= 4 is 5.78 Å². The summed E-state index contributed by atoms with van der Waals surface area (Å²) in [5.74, 6) is 6.17. The summed E-state index contributed by atoms with van der Waals surface area (Å²) < 4.78 is 5.42. The second-order valence-corrected chi connectivity index (χ2v) is 5.19. The molecule has 0 spiro atoms. The number of carbonyl (C=O) groups excluding carboxylic acids is 1. The van der Waals surface area contributed by atoms with Gasteiger partial charge in [-0.25, -0.2) is 0 Å². The summed E-state index contributed by atoms with van der Waals surface area (Å²) in [6.45, 7) is 0. The summed E-state index contributed by atoms with van der Waals surface area (Å²) in [7, 11) is 1.62. The second-order valence-electron chi connectivity index (χ2n) is 5.19. The average Bonchev–Trinajstić information content (AvgIpc) is 2.67. The normalized spacial score (nSPS) is 9.71. The molecule has 0 aromatic heterocycles. The van der Waals surface area contributed by atoms with Gasteiger partial charge in [0.1, 0.15) is 5.75 Å². The number of ether oxygens (including phenoxy) is 1. The van der Waals surface area contributed by atoms with E-state index in [2.05, 4.69) is 11.8 Å². The van der Waals surface area contributed by atoms with E-state index in [0.29, 0.717) is 5.56 Å². The van der Waals surface area contributed by atoms with Crippen LogP contribution in [0.4, 0.5) is 0 Å². The minimum atomic E-state index is -0.208. The molecule has 0 atom stereocenters. The maximum Gasteiger partial charge on any atom is 0.236 e. The number of hydrogen-bond acceptors (Lipinski definition) is 2. The van der Waals surface area contributed by atoms with Gasteiger partial charge in [0.15, 0.2) is 0 Å². The Labute approximate surface area is 141 Å². The zero-order valence-electron chi connectivity index (χ0n) is 13.3. The van der Waals surface area contributed by atoms with Crippen molar-refractivity contribution in [3.8, 4) is 28.7 Å². The molecule has 0 fully saturated rings. The highest BCUT2D eigenvalue weighted by atomic mass is 16.5. The van der Waals surface area contributed by atoms with Gasteiger partial charge in [-0.1, -0.05) is 60.5 Å². The minimum Gasteiger partial charge on any atom is -0.496 e. The van der Waals surface area contributed by atoms with Gasteiger partial charge in [0.2, 0.25) is 5.78 Å². The van der Waals surface area contributed by atoms with E-state index in [9.17, 15) is 4.79 Å². The SMILES string of the molecule is COc1ccccc1-c1ccccc1C(=O)C#Cc1ccccc1. The Hall–Kier alpha value is -3.31. The highest BCUT2D eigenvalue weighted by Gasteiger charge is 2.13. The number of carbonyl (C=O) groups is 1. The molecule has 24 heavy (non-hydrogen) atoms. The number of benzene rings is 3. The minimum absolute atomic E-state index is 0.208. The lowest BCUT2D eigenvalue weighted by Crippen LogP contribution is -1.99. The molecule has 0 radical (unpaired) electrons. The summed E-state index contributed by atoms with van der Waals surface area (Å²) in [5, 5.41) is 0. The van der Waals surface area contributed by atoms with Crippen LogP contribution >= 0.6 is 0 Å². The molecule has 0 aliphatic rings. The lowest BCUT2D eigenvalue weighted by atomic mass is 9.96. The molecule has 3 aromatic carbocycles. The Morgan fingerprint density at radius 3 is 2.17 bits per heavy atom. The summed E-state index contributed by atoms with van der Waals surface area (Å²) >= 11 is 0. The van der Waals surface area contributed by atoms with Crippen LogP contribution in [0, 0.1) is 11.8 Å². The fourth-order valence-electron chi connectivity index (χ4n) is 2.50. The Bertz CT molecular complexity index is 915. The molecule has 116 valence electrons. The number of para-hydroxylation sites is 1. The van der Waals surface area contributed by atoms with Crippen molar-refractivity contribution in [1.82, 2.24) is 0 Å². The molecule has 0 N–H and O–H groups in total. The predicted octanol–water partition coefficient (Wildman–Crippen LogP) is 4.60. The number of methoxy groups -OCH3 is 1. The number of rotatable bonds is 3. The average molecular weight is 312 g/mol. The lowest BCUT2D eigenvalue weighted by molar-refractivity contribution is 0.105. The van der Waals surface area contributed by atoms with Crippen molar-refractivity contribution in [3.05, 3.63) is 90.0 Å². The zero-order valence-corrected chi connectivity index (χ0v) is 13.3. The van der Waals surface area contributed by atoms with Crippen molar-refractivity contribution in [2.24, 2.45) is 0 Å².